The molecule has 5 radical (unpaired) electrons. The van der Waals surface area contributed by atoms with Crippen molar-refractivity contribution in [2.24, 2.45) is 11.8 Å². The molecule has 2 rings (SSSR count). The van der Waals surface area contributed by atoms with Crippen LogP contribution in [0.5, 0.6) is 0 Å². The molecule has 2 aliphatic carbocycles. The molecule has 143 valence electrons. The van der Waals surface area contributed by atoms with E-state index in [4.69, 9.17) is 9.30 Å². The van der Waals surface area contributed by atoms with Crippen molar-refractivity contribution >= 4 is 7.25 Å². The first-order valence-corrected chi connectivity index (χ1v) is 7.18. The van der Waals surface area contributed by atoms with E-state index in [-0.39, 0.29) is 27.2 Å². The van der Waals surface area contributed by atoms with Gasteiger partial charge in [0.05, 0.1) is 6.10 Å². The number of hydrogen-bond acceptors (Lipinski definition) is 1. The van der Waals surface area contributed by atoms with Crippen molar-refractivity contribution < 1.29 is 52.7 Å². The summed E-state index contributed by atoms with van der Waals surface area (Å²) in [7, 11) is -6.00. The van der Waals surface area contributed by atoms with Gasteiger partial charge in [-0.25, -0.2) is 0 Å². The Hall–Kier alpha value is -0.607. The Morgan fingerprint density at radius 2 is 1.27 bits per heavy atom. The van der Waals surface area contributed by atoms with E-state index < -0.39 is 7.25 Å². The molecule has 1 saturated carbocycles. The van der Waals surface area contributed by atoms with E-state index >= 15 is 0 Å². The van der Waals surface area contributed by atoms with Crippen LogP contribution in [0.2, 0.25) is 0 Å². The summed E-state index contributed by atoms with van der Waals surface area (Å²) in [5.74, 6) is 0.691. The number of rotatable bonds is 2. The molecule has 2 aliphatic rings. The average Bonchev–Trinajstić information content (AvgIpc) is 3.17. The standard InChI is InChI=1S/C10H16O.C5H5.2CO.BF4.Mo/c1-8(2)10(11)9-6-4-3-5-7-9;1-2-4-5-3-1;2*1-2;2-1(3,4)5;/h3-6,8-11H,7H2,1-2H3;1-5H;;;;/q;;;;-1;+2/t9-,10-;;;;;/m1...../s1. The average molecular weight is 456 g/mol. The molecule has 0 aliphatic heterocycles. The summed E-state index contributed by atoms with van der Waals surface area (Å²) in [6, 6.07) is 0. The Balaban J connectivity index is -0.000000137. The Morgan fingerprint density at radius 1 is 0.923 bits per heavy atom. The summed E-state index contributed by atoms with van der Waals surface area (Å²) < 4.78 is 54.0. The maximum absolute atomic E-state index is 9.75. The predicted octanol–water partition coefficient (Wildman–Crippen LogP) is 4.38. The number of hydrogen-bond donors (Lipinski definition) is 1. The zero-order valence-corrected chi connectivity index (χ0v) is 16.4. The molecule has 0 spiro atoms. The molecule has 0 aromatic carbocycles. The molecule has 9 heteroatoms. The zero-order valence-electron chi connectivity index (χ0n) is 14.4. The molecule has 26 heavy (non-hydrogen) atoms. The van der Waals surface area contributed by atoms with Gasteiger partial charge in [-0.05, 0) is 44.4 Å². The minimum absolute atomic E-state index is 0. The fraction of sp³-hybridized carbons (Fsp3) is 0.353. The number of aliphatic hydroxyl groups excluding tert-OH is 1. The second kappa shape index (κ2) is 22.4. The summed E-state index contributed by atoms with van der Waals surface area (Å²) in [4.78, 5) is 0. The molecule has 3 nitrogen and oxygen atoms in total. The number of aliphatic hydroxyl groups is 1. The molecular weight excluding hydrogens is 435 g/mol. The van der Waals surface area contributed by atoms with Gasteiger partial charge in [0.15, 0.2) is 0 Å². The van der Waals surface area contributed by atoms with Crippen LogP contribution in [-0.2, 0) is 30.4 Å². The van der Waals surface area contributed by atoms with Crippen molar-refractivity contribution in [2.45, 2.75) is 26.4 Å². The minimum atomic E-state index is -6.00. The second-order valence-electron chi connectivity index (χ2n) is 4.90. The fourth-order valence-corrected chi connectivity index (χ4v) is 1.67. The molecule has 1 N–H and O–H groups in total. The monoisotopic (exact) mass is 458 g/mol. The van der Waals surface area contributed by atoms with Crippen molar-refractivity contribution in [1.82, 2.24) is 0 Å². The van der Waals surface area contributed by atoms with Gasteiger partial charge < -0.3 is 22.4 Å². The van der Waals surface area contributed by atoms with E-state index in [1.807, 2.05) is 44.3 Å². The molecule has 1 fully saturated rings. The van der Waals surface area contributed by atoms with Crippen LogP contribution in [0.3, 0.4) is 0 Å². The van der Waals surface area contributed by atoms with Crippen molar-refractivity contribution in [3.63, 3.8) is 0 Å². The summed E-state index contributed by atoms with van der Waals surface area (Å²) in [6.45, 7) is 13.1. The summed E-state index contributed by atoms with van der Waals surface area (Å²) in [5.41, 5.74) is 0. The maximum atomic E-state index is 9.75. The number of allylic oxidation sites excluding steroid dienone is 3. The van der Waals surface area contributed by atoms with Gasteiger partial charge in [0, 0.05) is 5.92 Å². The van der Waals surface area contributed by atoms with Gasteiger partial charge in [0.25, 0.3) is 0 Å². The topological polar surface area (TPSA) is 60.0 Å². The Kier molecular flexibility index (Phi) is 28.5. The zero-order chi connectivity index (χ0) is 20.3. The molecule has 0 aromatic rings. The van der Waals surface area contributed by atoms with Crippen LogP contribution in [0, 0.1) is 57.2 Å². The molecule has 0 saturated heterocycles. The Labute approximate surface area is 168 Å². The quantitative estimate of drug-likeness (QED) is 0.285. The van der Waals surface area contributed by atoms with Crippen LogP contribution in [0.15, 0.2) is 24.3 Å². The van der Waals surface area contributed by atoms with E-state index in [1.54, 1.807) is 0 Å². The SMILES string of the molecule is CC(C)[C@@H](O)[C@@H]1C=CC=CC1.F[B-](F)(F)F.[C-]#[O+].[C-]#[O+].[CH]1[CH][CH][CH][CH]1.[Mo+2]. The Bertz CT molecular complexity index is 373. The molecule has 0 amide bonds. The third-order valence-corrected chi connectivity index (χ3v) is 2.69. The fourth-order valence-electron chi connectivity index (χ4n) is 1.67. The first-order valence-electron chi connectivity index (χ1n) is 7.18. The summed E-state index contributed by atoms with van der Waals surface area (Å²) >= 11 is 0. The van der Waals surface area contributed by atoms with Crippen LogP contribution in [0.4, 0.5) is 17.3 Å². The predicted molar refractivity (Wildman–Crippen MR) is 86.8 cm³/mol. The normalized spacial score (nSPS) is 18.1. The van der Waals surface area contributed by atoms with Crippen molar-refractivity contribution in [3.05, 3.63) is 69.7 Å². The minimum Gasteiger partial charge on any atom is -0.0312 e. The largest absolute Gasteiger partial charge is 2.00 e. The van der Waals surface area contributed by atoms with Gasteiger partial charge in [0.2, 0.25) is 0 Å². The van der Waals surface area contributed by atoms with Crippen LogP contribution >= 0.6 is 0 Å². The van der Waals surface area contributed by atoms with Gasteiger partial charge in [0.1, 0.15) is 0 Å². The second-order valence-corrected chi connectivity index (χ2v) is 4.90. The van der Waals surface area contributed by atoms with Crippen molar-refractivity contribution in [2.75, 3.05) is 0 Å². The molecular formula is C17H21BF4MoO3+. The molecule has 0 unspecified atom stereocenters. The molecule has 2 atom stereocenters. The van der Waals surface area contributed by atoms with Crippen molar-refractivity contribution in [3.8, 4) is 0 Å². The first kappa shape index (κ1) is 33.0. The number of halogens is 4. The van der Waals surface area contributed by atoms with E-state index in [9.17, 15) is 22.4 Å². The van der Waals surface area contributed by atoms with Gasteiger partial charge in [-0.1, -0.05) is 38.2 Å². The van der Waals surface area contributed by atoms with Gasteiger partial charge in [-0.2, -0.15) is 0 Å². The van der Waals surface area contributed by atoms with Crippen LogP contribution in [-0.4, -0.2) is 18.5 Å². The van der Waals surface area contributed by atoms with Gasteiger partial charge in [-0.3, -0.25) is 0 Å². The molecule has 0 heterocycles. The third kappa shape index (κ3) is 28.2. The molecule has 0 bridgehead atoms. The van der Waals surface area contributed by atoms with E-state index in [2.05, 4.69) is 39.3 Å². The van der Waals surface area contributed by atoms with Crippen LogP contribution < -0.4 is 0 Å². The van der Waals surface area contributed by atoms with E-state index in [1.165, 1.54) is 0 Å². The van der Waals surface area contributed by atoms with E-state index in [0.29, 0.717) is 11.8 Å². The smallest absolute Gasteiger partial charge is 0.0312 e. The maximum Gasteiger partial charge on any atom is 2.00 e. The summed E-state index contributed by atoms with van der Waals surface area (Å²) in [5, 5.41) is 9.67. The summed E-state index contributed by atoms with van der Waals surface area (Å²) in [6.07, 6.45) is 19.0. The van der Waals surface area contributed by atoms with Crippen LogP contribution in [0.1, 0.15) is 20.3 Å². The van der Waals surface area contributed by atoms with Gasteiger partial charge in [-0.15, -0.1) is 0 Å². The third-order valence-electron chi connectivity index (χ3n) is 2.69. The molecule has 0 aromatic heterocycles. The Morgan fingerprint density at radius 3 is 1.50 bits per heavy atom. The van der Waals surface area contributed by atoms with E-state index in [0.717, 1.165) is 6.42 Å². The van der Waals surface area contributed by atoms with Crippen LogP contribution in [0.25, 0.3) is 0 Å². The van der Waals surface area contributed by atoms with Crippen molar-refractivity contribution in [1.29, 1.82) is 0 Å². The first-order chi connectivity index (χ1) is 11.7. The van der Waals surface area contributed by atoms with Gasteiger partial charge >= 0.3 is 50.9 Å².